The van der Waals surface area contributed by atoms with Crippen molar-refractivity contribution in [3.05, 3.63) is 0 Å². The van der Waals surface area contributed by atoms with Crippen molar-refractivity contribution in [3.63, 3.8) is 0 Å². The summed E-state index contributed by atoms with van der Waals surface area (Å²) in [4.78, 5) is 0. The molecule has 0 aliphatic carbocycles. The SMILES string of the molecule is CCCCCCCCOS(C)(=O)=O.N. The van der Waals surface area contributed by atoms with Crippen LogP contribution in [0.2, 0.25) is 0 Å². The van der Waals surface area contributed by atoms with Crippen LogP contribution in [0, 0.1) is 0 Å². The van der Waals surface area contributed by atoms with Crippen LogP contribution in [0.5, 0.6) is 0 Å². The van der Waals surface area contributed by atoms with Gasteiger partial charge in [-0.3, -0.25) is 4.18 Å². The van der Waals surface area contributed by atoms with Crippen molar-refractivity contribution in [1.82, 2.24) is 6.15 Å². The van der Waals surface area contributed by atoms with Crippen molar-refractivity contribution in [2.75, 3.05) is 12.9 Å². The monoisotopic (exact) mass is 225 g/mol. The minimum atomic E-state index is -3.22. The van der Waals surface area contributed by atoms with Gasteiger partial charge in [-0.05, 0) is 6.42 Å². The van der Waals surface area contributed by atoms with Crippen molar-refractivity contribution in [3.8, 4) is 0 Å². The summed E-state index contributed by atoms with van der Waals surface area (Å²) in [6.07, 6.45) is 7.93. The van der Waals surface area contributed by atoms with Crippen molar-refractivity contribution in [2.24, 2.45) is 0 Å². The van der Waals surface area contributed by atoms with E-state index in [1.807, 2.05) is 0 Å². The molecular formula is C9H23NO3S. The Hall–Kier alpha value is -0.130. The molecule has 0 rings (SSSR count). The molecule has 0 spiro atoms. The van der Waals surface area contributed by atoms with Crippen LogP contribution < -0.4 is 6.15 Å². The number of hydrogen-bond donors (Lipinski definition) is 1. The molecule has 0 amide bonds. The molecule has 0 radical (unpaired) electrons. The van der Waals surface area contributed by atoms with Crippen LogP contribution in [0.3, 0.4) is 0 Å². The average molecular weight is 225 g/mol. The van der Waals surface area contributed by atoms with E-state index in [1.54, 1.807) is 0 Å². The van der Waals surface area contributed by atoms with Gasteiger partial charge >= 0.3 is 0 Å². The Morgan fingerprint density at radius 1 is 1.00 bits per heavy atom. The highest BCUT2D eigenvalue weighted by molar-refractivity contribution is 7.85. The van der Waals surface area contributed by atoms with E-state index < -0.39 is 10.1 Å². The molecule has 0 aliphatic rings. The fraction of sp³-hybridized carbons (Fsp3) is 1.00. The van der Waals surface area contributed by atoms with E-state index in [0.29, 0.717) is 6.61 Å². The first-order valence-corrected chi connectivity index (χ1v) is 6.72. The Labute approximate surface area is 87.7 Å². The number of unbranched alkanes of at least 4 members (excludes halogenated alkanes) is 5. The molecule has 0 aromatic rings. The Balaban J connectivity index is 0. The third-order valence-electron chi connectivity index (χ3n) is 1.80. The summed E-state index contributed by atoms with van der Waals surface area (Å²) in [5.41, 5.74) is 0. The van der Waals surface area contributed by atoms with E-state index in [4.69, 9.17) is 0 Å². The smallest absolute Gasteiger partial charge is 0.264 e. The summed E-state index contributed by atoms with van der Waals surface area (Å²) >= 11 is 0. The fourth-order valence-corrected chi connectivity index (χ4v) is 1.51. The molecule has 0 saturated carbocycles. The lowest BCUT2D eigenvalue weighted by molar-refractivity contribution is 0.309. The second-order valence-corrected chi connectivity index (χ2v) is 4.94. The lowest BCUT2D eigenvalue weighted by atomic mass is 10.1. The van der Waals surface area contributed by atoms with E-state index in [2.05, 4.69) is 11.1 Å². The average Bonchev–Trinajstić information content (AvgIpc) is 2.01. The van der Waals surface area contributed by atoms with E-state index >= 15 is 0 Å². The van der Waals surface area contributed by atoms with Gasteiger partial charge in [-0.2, -0.15) is 8.42 Å². The standard InChI is InChI=1S/C9H20O3S.H3N/c1-3-4-5-6-7-8-9-12-13(2,10)11;/h3-9H2,1-2H3;1H3. The van der Waals surface area contributed by atoms with E-state index in [1.165, 1.54) is 25.7 Å². The number of rotatable bonds is 8. The van der Waals surface area contributed by atoms with Gasteiger partial charge in [0.15, 0.2) is 0 Å². The van der Waals surface area contributed by atoms with Gasteiger partial charge in [-0.15, -0.1) is 0 Å². The minimum absolute atomic E-state index is 0. The third-order valence-corrected chi connectivity index (χ3v) is 2.39. The zero-order valence-electron chi connectivity index (χ0n) is 9.29. The van der Waals surface area contributed by atoms with E-state index in [9.17, 15) is 8.42 Å². The molecule has 3 N–H and O–H groups in total. The molecule has 0 atom stereocenters. The molecule has 0 aromatic heterocycles. The van der Waals surface area contributed by atoms with Crippen molar-refractivity contribution in [2.45, 2.75) is 45.4 Å². The van der Waals surface area contributed by atoms with Gasteiger partial charge in [0.2, 0.25) is 0 Å². The molecule has 0 fully saturated rings. The van der Waals surface area contributed by atoms with Crippen LogP contribution in [0.1, 0.15) is 45.4 Å². The fourth-order valence-electron chi connectivity index (χ4n) is 1.09. The Kier molecular flexibility index (Phi) is 11.0. The van der Waals surface area contributed by atoms with Crippen LogP contribution in [-0.2, 0) is 14.3 Å². The maximum Gasteiger partial charge on any atom is 0.264 e. The second-order valence-electron chi connectivity index (χ2n) is 3.29. The summed E-state index contributed by atoms with van der Waals surface area (Å²) in [7, 11) is -3.22. The highest BCUT2D eigenvalue weighted by Gasteiger charge is 1.99. The minimum Gasteiger partial charge on any atom is -0.344 e. The molecule has 0 aromatic carbocycles. The first kappa shape index (κ1) is 16.3. The van der Waals surface area contributed by atoms with Crippen LogP contribution in [0.4, 0.5) is 0 Å². The number of hydrogen-bond acceptors (Lipinski definition) is 4. The van der Waals surface area contributed by atoms with E-state index in [-0.39, 0.29) is 6.15 Å². The predicted octanol–water partition coefficient (Wildman–Crippen LogP) is 2.49. The molecule has 0 bridgehead atoms. The Bertz CT molecular complexity index is 202. The van der Waals surface area contributed by atoms with Gasteiger partial charge in [0.1, 0.15) is 0 Å². The zero-order chi connectivity index (χ0) is 10.2. The van der Waals surface area contributed by atoms with Crippen LogP contribution in [-0.4, -0.2) is 21.3 Å². The lowest BCUT2D eigenvalue weighted by Crippen LogP contribution is -2.03. The summed E-state index contributed by atoms with van der Waals surface area (Å²) < 4.78 is 25.7. The molecule has 0 unspecified atom stereocenters. The largest absolute Gasteiger partial charge is 0.344 e. The predicted molar refractivity (Wildman–Crippen MR) is 59.2 cm³/mol. The first-order valence-electron chi connectivity index (χ1n) is 4.90. The normalized spacial score (nSPS) is 11.0. The van der Waals surface area contributed by atoms with Crippen LogP contribution in [0.15, 0.2) is 0 Å². The zero-order valence-corrected chi connectivity index (χ0v) is 10.1. The van der Waals surface area contributed by atoms with Gasteiger partial charge in [-0.25, -0.2) is 0 Å². The molecule has 0 aliphatic heterocycles. The molecular weight excluding hydrogens is 202 g/mol. The lowest BCUT2D eigenvalue weighted by Gasteiger charge is -2.00. The van der Waals surface area contributed by atoms with Crippen molar-refractivity contribution in [1.29, 1.82) is 0 Å². The molecule has 0 saturated heterocycles. The third kappa shape index (κ3) is 14.4. The maximum absolute atomic E-state index is 10.5. The van der Waals surface area contributed by atoms with Crippen molar-refractivity contribution < 1.29 is 12.6 Å². The molecule has 14 heavy (non-hydrogen) atoms. The van der Waals surface area contributed by atoms with Gasteiger partial charge in [0.25, 0.3) is 10.1 Å². The van der Waals surface area contributed by atoms with Crippen LogP contribution in [0.25, 0.3) is 0 Å². The van der Waals surface area contributed by atoms with E-state index in [0.717, 1.165) is 19.1 Å². The maximum atomic E-state index is 10.5. The molecule has 4 nitrogen and oxygen atoms in total. The molecule has 88 valence electrons. The van der Waals surface area contributed by atoms with Gasteiger partial charge in [0, 0.05) is 0 Å². The quantitative estimate of drug-likeness (QED) is 0.508. The molecule has 0 heterocycles. The highest BCUT2D eigenvalue weighted by atomic mass is 32.2. The van der Waals surface area contributed by atoms with Gasteiger partial charge in [0.05, 0.1) is 12.9 Å². The Morgan fingerprint density at radius 3 is 2.00 bits per heavy atom. The first-order chi connectivity index (χ1) is 6.06. The summed E-state index contributed by atoms with van der Waals surface area (Å²) in [6.45, 7) is 2.51. The van der Waals surface area contributed by atoms with Gasteiger partial charge in [-0.1, -0.05) is 39.0 Å². The summed E-state index contributed by atoms with van der Waals surface area (Å²) in [5.74, 6) is 0. The molecule has 5 heteroatoms. The highest BCUT2D eigenvalue weighted by Crippen LogP contribution is 2.05. The topological polar surface area (TPSA) is 78.4 Å². The van der Waals surface area contributed by atoms with Gasteiger partial charge < -0.3 is 6.15 Å². The van der Waals surface area contributed by atoms with Crippen molar-refractivity contribution >= 4 is 10.1 Å². The summed E-state index contributed by atoms with van der Waals surface area (Å²) in [5, 5.41) is 0. The second kappa shape index (κ2) is 9.43. The van der Waals surface area contributed by atoms with Crippen LogP contribution >= 0.6 is 0 Å². The Morgan fingerprint density at radius 2 is 1.50 bits per heavy atom. The summed E-state index contributed by atoms with van der Waals surface area (Å²) in [6, 6.07) is 0.